The van der Waals surface area contributed by atoms with Gasteiger partial charge in [-0.3, -0.25) is 0 Å². The zero-order valence-electron chi connectivity index (χ0n) is 12.0. The summed E-state index contributed by atoms with van der Waals surface area (Å²) in [5.41, 5.74) is 1.44. The molecule has 1 atom stereocenters. The number of aryl methyl sites for hydroxylation is 1. The number of hydrogen-bond acceptors (Lipinski definition) is 5. The molecular formula is C15H19N3O3. The van der Waals surface area contributed by atoms with E-state index in [0.29, 0.717) is 24.7 Å². The highest BCUT2D eigenvalue weighted by Crippen LogP contribution is 2.33. The van der Waals surface area contributed by atoms with Gasteiger partial charge in [0.1, 0.15) is 6.10 Å². The van der Waals surface area contributed by atoms with Crippen LogP contribution in [0.15, 0.2) is 24.4 Å². The van der Waals surface area contributed by atoms with Crippen LogP contribution in [0.25, 0.3) is 0 Å². The molecule has 112 valence electrons. The lowest BCUT2D eigenvalue weighted by Crippen LogP contribution is -2.10. The highest BCUT2D eigenvalue weighted by Gasteiger charge is 2.19. The zero-order valence-corrected chi connectivity index (χ0v) is 12.0. The Labute approximate surface area is 123 Å². The van der Waals surface area contributed by atoms with Gasteiger partial charge in [0.2, 0.25) is 0 Å². The number of hydrogen-bond donors (Lipinski definition) is 1. The molecule has 3 rings (SSSR count). The molecule has 1 aliphatic heterocycles. The standard InChI is InChI=1S/C15H19N3O3/c1-2-6-18-12(10-16-17-18)15(19)11-4-5-13-14(9-11)21-8-3-7-20-13/h4-5,9-10,15,19H,2-3,6-8H2,1H3. The fourth-order valence-corrected chi connectivity index (χ4v) is 2.38. The number of benzene rings is 1. The first kappa shape index (κ1) is 13.9. The molecule has 0 saturated carbocycles. The van der Waals surface area contributed by atoms with Gasteiger partial charge >= 0.3 is 0 Å². The quantitative estimate of drug-likeness (QED) is 0.931. The predicted octanol–water partition coefficient (Wildman–Crippen LogP) is 1.93. The van der Waals surface area contributed by atoms with E-state index in [9.17, 15) is 5.11 Å². The van der Waals surface area contributed by atoms with Crippen molar-refractivity contribution < 1.29 is 14.6 Å². The van der Waals surface area contributed by atoms with Crippen molar-refractivity contribution in [3.8, 4) is 11.5 Å². The topological polar surface area (TPSA) is 69.4 Å². The van der Waals surface area contributed by atoms with Gasteiger partial charge in [0.05, 0.1) is 25.1 Å². The molecule has 0 bridgehead atoms. The number of rotatable bonds is 4. The second-order valence-corrected chi connectivity index (χ2v) is 5.04. The molecule has 1 unspecified atom stereocenters. The van der Waals surface area contributed by atoms with Gasteiger partial charge in [-0.05, 0) is 24.1 Å². The zero-order chi connectivity index (χ0) is 14.7. The number of aliphatic hydroxyl groups is 1. The Morgan fingerprint density at radius 3 is 2.90 bits per heavy atom. The maximum atomic E-state index is 10.6. The molecule has 21 heavy (non-hydrogen) atoms. The maximum Gasteiger partial charge on any atom is 0.161 e. The lowest BCUT2D eigenvalue weighted by molar-refractivity contribution is 0.206. The van der Waals surface area contributed by atoms with E-state index in [2.05, 4.69) is 17.2 Å². The molecule has 1 aromatic heterocycles. The average molecular weight is 289 g/mol. The van der Waals surface area contributed by atoms with E-state index in [1.54, 1.807) is 10.9 Å². The van der Waals surface area contributed by atoms with Crippen molar-refractivity contribution in [2.75, 3.05) is 13.2 Å². The molecule has 1 aliphatic rings. The molecule has 6 heteroatoms. The molecule has 1 aromatic carbocycles. The summed E-state index contributed by atoms with van der Waals surface area (Å²) in [5.74, 6) is 1.40. The van der Waals surface area contributed by atoms with E-state index in [1.165, 1.54) is 0 Å². The van der Waals surface area contributed by atoms with E-state index in [1.807, 2.05) is 18.2 Å². The van der Waals surface area contributed by atoms with E-state index < -0.39 is 6.10 Å². The van der Waals surface area contributed by atoms with Gasteiger partial charge in [-0.1, -0.05) is 18.2 Å². The fourth-order valence-electron chi connectivity index (χ4n) is 2.38. The van der Waals surface area contributed by atoms with Crippen molar-refractivity contribution in [1.82, 2.24) is 15.0 Å². The molecule has 2 heterocycles. The Morgan fingerprint density at radius 2 is 2.10 bits per heavy atom. The van der Waals surface area contributed by atoms with Crippen LogP contribution in [0.2, 0.25) is 0 Å². The molecule has 6 nitrogen and oxygen atoms in total. The Balaban J connectivity index is 1.89. The first-order valence-corrected chi connectivity index (χ1v) is 7.25. The molecule has 2 aromatic rings. The largest absolute Gasteiger partial charge is 0.490 e. The molecule has 0 radical (unpaired) electrons. The molecule has 0 saturated heterocycles. The minimum atomic E-state index is -0.774. The minimum Gasteiger partial charge on any atom is -0.490 e. The van der Waals surface area contributed by atoms with Crippen LogP contribution >= 0.6 is 0 Å². The summed E-state index contributed by atoms with van der Waals surface area (Å²) in [4.78, 5) is 0. The van der Waals surface area contributed by atoms with Crippen molar-refractivity contribution >= 4 is 0 Å². The third-order valence-corrected chi connectivity index (χ3v) is 3.45. The molecular weight excluding hydrogens is 270 g/mol. The monoisotopic (exact) mass is 289 g/mol. The molecule has 0 spiro atoms. The van der Waals surface area contributed by atoms with Gasteiger partial charge in [0, 0.05) is 13.0 Å². The van der Waals surface area contributed by atoms with Crippen LogP contribution < -0.4 is 9.47 Å². The van der Waals surface area contributed by atoms with Crippen molar-refractivity contribution in [2.45, 2.75) is 32.4 Å². The molecule has 1 N–H and O–H groups in total. The average Bonchev–Trinajstić information content (AvgIpc) is 2.82. The molecule has 0 amide bonds. The Bertz CT molecular complexity index is 612. The van der Waals surface area contributed by atoms with E-state index in [4.69, 9.17) is 9.47 Å². The van der Waals surface area contributed by atoms with Crippen molar-refractivity contribution in [3.63, 3.8) is 0 Å². The fraction of sp³-hybridized carbons (Fsp3) is 0.467. The van der Waals surface area contributed by atoms with Crippen LogP contribution in [0, 0.1) is 0 Å². The second kappa shape index (κ2) is 6.13. The third kappa shape index (κ3) is 2.85. The lowest BCUT2D eigenvalue weighted by atomic mass is 10.1. The first-order valence-electron chi connectivity index (χ1n) is 7.25. The van der Waals surface area contributed by atoms with Gasteiger partial charge in [0.15, 0.2) is 11.5 Å². The summed E-state index contributed by atoms with van der Waals surface area (Å²) in [6, 6.07) is 5.52. The van der Waals surface area contributed by atoms with Crippen molar-refractivity contribution in [1.29, 1.82) is 0 Å². The summed E-state index contributed by atoms with van der Waals surface area (Å²) in [5, 5.41) is 18.5. The summed E-state index contributed by atoms with van der Waals surface area (Å²) >= 11 is 0. The maximum absolute atomic E-state index is 10.6. The van der Waals surface area contributed by atoms with Crippen molar-refractivity contribution in [2.24, 2.45) is 0 Å². The summed E-state index contributed by atoms with van der Waals surface area (Å²) in [7, 11) is 0. The number of nitrogens with zero attached hydrogens (tertiary/aromatic N) is 3. The highest BCUT2D eigenvalue weighted by molar-refractivity contribution is 5.45. The summed E-state index contributed by atoms with van der Waals surface area (Å²) < 4.78 is 13.0. The Hall–Kier alpha value is -2.08. The van der Waals surface area contributed by atoms with Crippen LogP contribution in [0.5, 0.6) is 11.5 Å². The van der Waals surface area contributed by atoms with Crippen LogP contribution in [-0.2, 0) is 6.54 Å². The number of ether oxygens (including phenoxy) is 2. The normalized spacial score (nSPS) is 15.5. The van der Waals surface area contributed by atoms with Crippen LogP contribution in [-0.4, -0.2) is 33.3 Å². The lowest BCUT2D eigenvalue weighted by Gasteiger charge is -2.14. The summed E-state index contributed by atoms with van der Waals surface area (Å²) in [6.07, 6.45) is 2.62. The molecule has 0 aliphatic carbocycles. The van der Waals surface area contributed by atoms with Gasteiger partial charge in [-0.15, -0.1) is 5.10 Å². The number of aliphatic hydroxyl groups excluding tert-OH is 1. The van der Waals surface area contributed by atoms with E-state index in [-0.39, 0.29) is 0 Å². The van der Waals surface area contributed by atoms with Gasteiger partial charge < -0.3 is 14.6 Å². The van der Waals surface area contributed by atoms with E-state index >= 15 is 0 Å². The Morgan fingerprint density at radius 1 is 1.29 bits per heavy atom. The molecule has 0 fully saturated rings. The summed E-state index contributed by atoms with van der Waals surface area (Å²) in [6.45, 7) is 4.08. The van der Waals surface area contributed by atoms with Crippen molar-refractivity contribution in [3.05, 3.63) is 35.7 Å². The minimum absolute atomic E-state index is 0.627. The van der Waals surface area contributed by atoms with Crippen LogP contribution in [0.4, 0.5) is 0 Å². The predicted molar refractivity (Wildman–Crippen MR) is 76.4 cm³/mol. The first-order chi connectivity index (χ1) is 10.3. The van der Waals surface area contributed by atoms with Gasteiger partial charge in [-0.25, -0.2) is 4.68 Å². The van der Waals surface area contributed by atoms with Gasteiger partial charge in [0.25, 0.3) is 0 Å². The van der Waals surface area contributed by atoms with Crippen LogP contribution in [0.3, 0.4) is 0 Å². The Kier molecular flexibility index (Phi) is 4.06. The SMILES string of the molecule is CCCn1nncc1C(O)c1ccc2c(c1)OCCCO2. The number of fused-ring (bicyclic) bond motifs is 1. The van der Waals surface area contributed by atoms with Gasteiger partial charge in [-0.2, -0.15) is 0 Å². The second-order valence-electron chi connectivity index (χ2n) is 5.04. The smallest absolute Gasteiger partial charge is 0.161 e. The third-order valence-electron chi connectivity index (χ3n) is 3.45. The highest BCUT2D eigenvalue weighted by atomic mass is 16.5. The van der Waals surface area contributed by atoms with E-state index in [0.717, 1.165) is 30.7 Å². The number of aromatic nitrogens is 3. The van der Waals surface area contributed by atoms with Crippen LogP contribution in [0.1, 0.15) is 37.1 Å².